The summed E-state index contributed by atoms with van der Waals surface area (Å²) in [6.07, 6.45) is 1.86. The lowest BCUT2D eigenvalue weighted by molar-refractivity contribution is 0.248. The van der Waals surface area contributed by atoms with Crippen LogP contribution in [0.3, 0.4) is 0 Å². The summed E-state index contributed by atoms with van der Waals surface area (Å²) in [5, 5.41) is 15.7. The summed E-state index contributed by atoms with van der Waals surface area (Å²) in [5.41, 5.74) is 0. The Morgan fingerprint density at radius 3 is 2.38 bits per heavy atom. The summed E-state index contributed by atoms with van der Waals surface area (Å²) in [6, 6.07) is 0.193. The van der Waals surface area contributed by atoms with Crippen molar-refractivity contribution in [2.45, 2.75) is 46.6 Å². The zero-order chi connectivity index (χ0) is 15.7. The third kappa shape index (κ3) is 6.12. The lowest BCUT2D eigenvalue weighted by Gasteiger charge is -2.20. The molecule has 1 unspecified atom stereocenters. The number of hydrogen-bond acceptors (Lipinski definition) is 7. The molecule has 0 spiro atoms. The molecule has 1 aromatic rings. The van der Waals surface area contributed by atoms with Crippen molar-refractivity contribution in [2.75, 3.05) is 30.4 Å². The van der Waals surface area contributed by atoms with Crippen LogP contribution in [-0.4, -0.2) is 45.9 Å². The SMILES string of the molecule is CCCNc1nc(NC(CO)C(C)C)nc(OCCC)n1. The molecule has 0 amide bonds. The number of ether oxygens (including phenoxy) is 1. The van der Waals surface area contributed by atoms with Gasteiger partial charge in [0.15, 0.2) is 0 Å². The maximum atomic E-state index is 9.40. The van der Waals surface area contributed by atoms with Crippen molar-refractivity contribution < 1.29 is 9.84 Å². The van der Waals surface area contributed by atoms with Crippen LogP contribution in [0.2, 0.25) is 0 Å². The molecule has 0 fully saturated rings. The minimum absolute atomic E-state index is 0.0201. The molecule has 21 heavy (non-hydrogen) atoms. The molecule has 0 aromatic carbocycles. The largest absolute Gasteiger partial charge is 0.463 e. The Balaban J connectivity index is 2.88. The molecule has 0 saturated carbocycles. The van der Waals surface area contributed by atoms with Crippen LogP contribution < -0.4 is 15.4 Å². The lowest BCUT2D eigenvalue weighted by Crippen LogP contribution is -2.30. The van der Waals surface area contributed by atoms with Crippen molar-refractivity contribution in [3.8, 4) is 6.01 Å². The van der Waals surface area contributed by atoms with Gasteiger partial charge in [-0.3, -0.25) is 0 Å². The first-order valence-corrected chi connectivity index (χ1v) is 7.60. The van der Waals surface area contributed by atoms with E-state index in [-0.39, 0.29) is 18.6 Å². The standard InChI is InChI=1S/C14H27N5O2/c1-5-7-15-12-17-13(16-11(9-20)10(3)4)19-14(18-12)21-8-6-2/h10-11,20H,5-9H2,1-4H3,(H2,15,16,17,18,19). The summed E-state index contributed by atoms with van der Waals surface area (Å²) in [7, 11) is 0. The summed E-state index contributed by atoms with van der Waals surface area (Å²) < 4.78 is 5.49. The smallest absolute Gasteiger partial charge is 0.323 e. The minimum Gasteiger partial charge on any atom is -0.463 e. The first-order chi connectivity index (χ1) is 10.1. The van der Waals surface area contributed by atoms with Crippen molar-refractivity contribution in [3.05, 3.63) is 0 Å². The number of aromatic nitrogens is 3. The number of anilines is 2. The zero-order valence-corrected chi connectivity index (χ0v) is 13.4. The lowest BCUT2D eigenvalue weighted by atomic mass is 10.1. The van der Waals surface area contributed by atoms with E-state index in [1.165, 1.54) is 0 Å². The number of aliphatic hydroxyl groups excluding tert-OH is 1. The van der Waals surface area contributed by atoms with Gasteiger partial charge in [-0.1, -0.05) is 27.7 Å². The van der Waals surface area contributed by atoms with E-state index in [0.717, 1.165) is 19.4 Å². The Bertz CT molecular complexity index is 388. The second kappa shape index (κ2) is 9.33. The minimum atomic E-state index is -0.106. The van der Waals surface area contributed by atoms with E-state index in [0.29, 0.717) is 24.5 Å². The highest BCUT2D eigenvalue weighted by Crippen LogP contribution is 2.14. The van der Waals surface area contributed by atoms with E-state index in [1.807, 2.05) is 20.8 Å². The van der Waals surface area contributed by atoms with Crippen LogP contribution in [-0.2, 0) is 0 Å². The van der Waals surface area contributed by atoms with Crippen LogP contribution in [0.15, 0.2) is 0 Å². The number of aliphatic hydroxyl groups is 1. The third-order valence-corrected chi connectivity index (χ3v) is 2.90. The second-order valence-electron chi connectivity index (χ2n) is 5.22. The summed E-state index contributed by atoms with van der Waals surface area (Å²) in [5.74, 6) is 1.17. The van der Waals surface area contributed by atoms with Crippen molar-refractivity contribution in [1.82, 2.24) is 15.0 Å². The fraction of sp³-hybridized carbons (Fsp3) is 0.786. The molecule has 1 aromatic heterocycles. The Morgan fingerprint density at radius 2 is 1.81 bits per heavy atom. The van der Waals surface area contributed by atoms with E-state index in [4.69, 9.17) is 4.74 Å². The van der Waals surface area contributed by atoms with Crippen molar-refractivity contribution in [1.29, 1.82) is 0 Å². The molecular weight excluding hydrogens is 270 g/mol. The molecule has 3 N–H and O–H groups in total. The average molecular weight is 297 g/mol. The average Bonchev–Trinajstić information content (AvgIpc) is 2.48. The Morgan fingerprint density at radius 1 is 1.10 bits per heavy atom. The first kappa shape index (κ1) is 17.4. The topological polar surface area (TPSA) is 92.2 Å². The van der Waals surface area contributed by atoms with Crippen molar-refractivity contribution in [3.63, 3.8) is 0 Å². The van der Waals surface area contributed by atoms with Gasteiger partial charge in [0.25, 0.3) is 0 Å². The van der Waals surface area contributed by atoms with Gasteiger partial charge in [-0.2, -0.15) is 15.0 Å². The third-order valence-electron chi connectivity index (χ3n) is 2.90. The zero-order valence-electron chi connectivity index (χ0n) is 13.4. The first-order valence-electron chi connectivity index (χ1n) is 7.60. The number of nitrogens with one attached hydrogen (secondary N) is 2. The molecule has 0 aliphatic rings. The van der Waals surface area contributed by atoms with Gasteiger partial charge >= 0.3 is 6.01 Å². The van der Waals surface area contributed by atoms with E-state index in [9.17, 15) is 5.11 Å². The highest BCUT2D eigenvalue weighted by atomic mass is 16.5. The quantitative estimate of drug-likeness (QED) is 0.607. The van der Waals surface area contributed by atoms with Crippen LogP contribution in [0.4, 0.5) is 11.9 Å². The van der Waals surface area contributed by atoms with Gasteiger partial charge in [-0.05, 0) is 18.8 Å². The van der Waals surface area contributed by atoms with E-state index in [2.05, 4.69) is 32.5 Å². The van der Waals surface area contributed by atoms with E-state index >= 15 is 0 Å². The Labute approximate surface area is 126 Å². The van der Waals surface area contributed by atoms with Gasteiger partial charge in [-0.15, -0.1) is 0 Å². The molecule has 7 nitrogen and oxygen atoms in total. The molecular formula is C14H27N5O2. The van der Waals surface area contributed by atoms with Crippen LogP contribution in [0.5, 0.6) is 6.01 Å². The van der Waals surface area contributed by atoms with Crippen LogP contribution in [0, 0.1) is 5.92 Å². The van der Waals surface area contributed by atoms with Crippen molar-refractivity contribution in [2.24, 2.45) is 5.92 Å². The number of hydrogen-bond donors (Lipinski definition) is 3. The molecule has 0 radical (unpaired) electrons. The number of nitrogens with zero attached hydrogens (tertiary/aromatic N) is 3. The van der Waals surface area contributed by atoms with Gasteiger partial charge in [0.1, 0.15) is 0 Å². The maximum absolute atomic E-state index is 9.40. The fourth-order valence-corrected chi connectivity index (χ4v) is 1.58. The Kier molecular flexibility index (Phi) is 7.74. The maximum Gasteiger partial charge on any atom is 0.323 e. The van der Waals surface area contributed by atoms with Gasteiger partial charge in [0, 0.05) is 6.54 Å². The summed E-state index contributed by atoms with van der Waals surface area (Å²) >= 11 is 0. The molecule has 0 aliphatic carbocycles. The Hall–Kier alpha value is -1.63. The molecule has 0 bridgehead atoms. The molecule has 7 heteroatoms. The fourth-order valence-electron chi connectivity index (χ4n) is 1.58. The predicted molar refractivity (Wildman–Crippen MR) is 83.7 cm³/mol. The van der Waals surface area contributed by atoms with Gasteiger partial charge in [0.2, 0.25) is 11.9 Å². The molecule has 1 atom stereocenters. The van der Waals surface area contributed by atoms with Gasteiger partial charge < -0.3 is 20.5 Å². The highest BCUT2D eigenvalue weighted by Gasteiger charge is 2.15. The molecule has 1 rings (SSSR count). The van der Waals surface area contributed by atoms with Crippen molar-refractivity contribution >= 4 is 11.9 Å². The monoisotopic (exact) mass is 297 g/mol. The van der Waals surface area contributed by atoms with E-state index in [1.54, 1.807) is 0 Å². The molecule has 0 saturated heterocycles. The van der Waals surface area contributed by atoms with Crippen LogP contribution >= 0.6 is 0 Å². The summed E-state index contributed by atoms with van der Waals surface area (Å²) in [6.45, 7) is 9.51. The second-order valence-corrected chi connectivity index (χ2v) is 5.22. The molecule has 120 valence electrons. The number of rotatable bonds is 10. The normalized spacial score (nSPS) is 12.3. The highest BCUT2D eigenvalue weighted by molar-refractivity contribution is 5.36. The predicted octanol–water partition coefficient (Wildman–Crippen LogP) is 1.91. The summed E-state index contributed by atoms with van der Waals surface area (Å²) in [4.78, 5) is 12.8. The van der Waals surface area contributed by atoms with Crippen LogP contribution in [0.1, 0.15) is 40.5 Å². The van der Waals surface area contributed by atoms with Gasteiger partial charge in [-0.25, -0.2) is 0 Å². The molecule has 1 heterocycles. The van der Waals surface area contributed by atoms with Gasteiger partial charge in [0.05, 0.1) is 19.3 Å². The molecule has 0 aliphatic heterocycles. The van der Waals surface area contributed by atoms with Crippen LogP contribution in [0.25, 0.3) is 0 Å². The van der Waals surface area contributed by atoms with E-state index < -0.39 is 0 Å².